The molecule has 0 aliphatic heterocycles. The molecule has 3 aliphatic rings. The molecule has 0 aromatic rings. The second-order valence-corrected chi connectivity index (χ2v) is 8.16. The number of hydrogen-bond acceptors (Lipinski definition) is 3. The highest BCUT2D eigenvalue weighted by molar-refractivity contribution is 6.10. The first-order valence-electron chi connectivity index (χ1n) is 10.3. The first kappa shape index (κ1) is 21.6. The fourth-order valence-electron chi connectivity index (χ4n) is 3.72. The van der Waals surface area contributed by atoms with E-state index in [9.17, 15) is 4.79 Å². The minimum atomic E-state index is 0.0755. The van der Waals surface area contributed by atoms with Gasteiger partial charge in [0, 0.05) is 17.6 Å². The van der Waals surface area contributed by atoms with Crippen LogP contribution in [0.2, 0.25) is 0 Å². The molecule has 0 aromatic heterocycles. The number of rotatable bonds is 5. The summed E-state index contributed by atoms with van der Waals surface area (Å²) in [5.41, 5.74) is 4.95. The molecular formula is C27H30O3. The minimum absolute atomic E-state index is 0.0755. The number of ether oxygens (including phenoxy) is 2. The molecule has 3 heteroatoms. The summed E-state index contributed by atoms with van der Waals surface area (Å²) in [6.07, 6.45) is 21.1. The van der Waals surface area contributed by atoms with E-state index in [1.807, 2.05) is 61.6 Å². The summed E-state index contributed by atoms with van der Waals surface area (Å²) < 4.78 is 11.5. The highest BCUT2D eigenvalue weighted by atomic mass is 16.5. The van der Waals surface area contributed by atoms with Crippen LogP contribution < -0.4 is 0 Å². The van der Waals surface area contributed by atoms with Crippen molar-refractivity contribution in [2.75, 3.05) is 7.11 Å². The lowest BCUT2D eigenvalue weighted by atomic mass is 9.96. The molecule has 0 saturated carbocycles. The lowest BCUT2D eigenvalue weighted by Crippen LogP contribution is -2.06. The van der Waals surface area contributed by atoms with E-state index < -0.39 is 0 Å². The first-order valence-corrected chi connectivity index (χ1v) is 10.3. The average molecular weight is 403 g/mol. The van der Waals surface area contributed by atoms with Crippen LogP contribution in [-0.4, -0.2) is 12.9 Å². The smallest absolute Gasteiger partial charge is 0.189 e. The predicted octanol–water partition coefficient (Wildman–Crippen LogP) is 6.58. The van der Waals surface area contributed by atoms with Crippen molar-refractivity contribution in [3.8, 4) is 0 Å². The van der Waals surface area contributed by atoms with Gasteiger partial charge >= 0.3 is 0 Å². The van der Waals surface area contributed by atoms with Gasteiger partial charge in [0.2, 0.25) is 0 Å². The first-order chi connectivity index (χ1) is 14.3. The summed E-state index contributed by atoms with van der Waals surface area (Å²) in [5, 5.41) is 0. The van der Waals surface area contributed by atoms with E-state index in [4.69, 9.17) is 9.47 Å². The third kappa shape index (κ3) is 5.73. The summed E-state index contributed by atoms with van der Waals surface area (Å²) in [6.45, 7) is 8.25. The van der Waals surface area contributed by atoms with Crippen LogP contribution in [-0.2, 0) is 14.3 Å². The monoisotopic (exact) mass is 402 g/mol. The summed E-state index contributed by atoms with van der Waals surface area (Å²) in [6, 6.07) is 0. The van der Waals surface area contributed by atoms with E-state index in [1.165, 1.54) is 11.1 Å². The molecular weight excluding hydrogens is 372 g/mol. The standard InChI is InChI=1S/C27H30O3/c1-18-6-7-22(13-19(2)12-18)27(28)23-8-9-25(16-20(3)14-23)30-26-11-10-24(29-5)15-21(4)17-26/h6-13,15-16,19H,14,17H2,1-5H3. The normalized spacial score (nSPS) is 21.8. The lowest BCUT2D eigenvalue weighted by molar-refractivity contribution is -0.112. The van der Waals surface area contributed by atoms with Crippen molar-refractivity contribution < 1.29 is 14.3 Å². The Kier molecular flexibility index (Phi) is 6.94. The summed E-state index contributed by atoms with van der Waals surface area (Å²) in [4.78, 5) is 13.2. The Morgan fingerprint density at radius 3 is 2.37 bits per heavy atom. The Morgan fingerprint density at radius 2 is 1.60 bits per heavy atom. The van der Waals surface area contributed by atoms with E-state index in [0.717, 1.165) is 34.0 Å². The van der Waals surface area contributed by atoms with E-state index in [-0.39, 0.29) is 11.7 Å². The van der Waals surface area contributed by atoms with Gasteiger partial charge in [0.25, 0.3) is 0 Å². The molecule has 0 bridgehead atoms. The maximum absolute atomic E-state index is 13.2. The van der Waals surface area contributed by atoms with E-state index in [2.05, 4.69) is 26.8 Å². The Balaban J connectivity index is 1.81. The van der Waals surface area contributed by atoms with E-state index in [0.29, 0.717) is 12.8 Å². The molecule has 3 aliphatic carbocycles. The van der Waals surface area contributed by atoms with Crippen LogP contribution in [0.15, 0.2) is 106 Å². The van der Waals surface area contributed by atoms with Gasteiger partial charge in [-0.2, -0.15) is 0 Å². The third-order valence-electron chi connectivity index (χ3n) is 5.11. The van der Waals surface area contributed by atoms with Gasteiger partial charge in [0.05, 0.1) is 7.11 Å². The van der Waals surface area contributed by atoms with Gasteiger partial charge in [-0.15, -0.1) is 0 Å². The third-order valence-corrected chi connectivity index (χ3v) is 5.11. The highest BCUT2D eigenvalue weighted by Crippen LogP contribution is 2.27. The Hall–Kier alpha value is -3.07. The fourth-order valence-corrected chi connectivity index (χ4v) is 3.72. The van der Waals surface area contributed by atoms with Crippen molar-refractivity contribution in [1.29, 1.82) is 0 Å². The van der Waals surface area contributed by atoms with Crippen LogP contribution in [0.3, 0.4) is 0 Å². The fraction of sp³-hybridized carbons (Fsp3) is 0.296. The molecule has 0 spiro atoms. The molecule has 1 atom stereocenters. The molecule has 0 radical (unpaired) electrons. The van der Waals surface area contributed by atoms with Crippen LogP contribution in [0.5, 0.6) is 0 Å². The molecule has 0 fully saturated rings. The van der Waals surface area contributed by atoms with Gasteiger partial charge in [-0.3, -0.25) is 4.79 Å². The van der Waals surface area contributed by atoms with Crippen molar-refractivity contribution in [1.82, 2.24) is 0 Å². The molecule has 0 saturated heterocycles. The van der Waals surface area contributed by atoms with Gasteiger partial charge in [-0.1, -0.05) is 54.0 Å². The van der Waals surface area contributed by atoms with Crippen molar-refractivity contribution in [3.63, 3.8) is 0 Å². The number of allylic oxidation sites excluding steroid dienone is 15. The quantitative estimate of drug-likeness (QED) is 0.521. The molecule has 1 unspecified atom stereocenters. The summed E-state index contributed by atoms with van der Waals surface area (Å²) in [7, 11) is 1.66. The molecule has 3 rings (SSSR count). The number of ketones is 1. The van der Waals surface area contributed by atoms with Crippen LogP contribution in [0, 0.1) is 5.92 Å². The Labute approximate surface area is 179 Å². The van der Waals surface area contributed by atoms with Crippen LogP contribution in [0.4, 0.5) is 0 Å². The number of carbonyl (C=O) groups excluding carboxylic acids is 1. The zero-order chi connectivity index (χ0) is 21.7. The molecule has 156 valence electrons. The SMILES string of the molecule is COC1=CC=C(OC2=CC=C(C(=O)C3=CC(C)C=C(C)C=C3)CC(C)=C2)CC(C)=C1. The average Bonchev–Trinajstić information content (AvgIpc) is 3.07. The maximum Gasteiger partial charge on any atom is 0.189 e. The zero-order valence-electron chi connectivity index (χ0n) is 18.5. The molecule has 0 N–H and O–H groups in total. The Morgan fingerprint density at radius 1 is 0.900 bits per heavy atom. The van der Waals surface area contributed by atoms with E-state index in [1.54, 1.807) is 7.11 Å². The van der Waals surface area contributed by atoms with Crippen molar-refractivity contribution in [3.05, 3.63) is 106 Å². The van der Waals surface area contributed by atoms with Gasteiger partial charge < -0.3 is 9.47 Å². The zero-order valence-corrected chi connectivity index (χ0v) is 18.5. The molecule has 0 heterocycles. The largest absolute Gasteiger partial charge is 0.497 e. The molecule has 0 aromatic carbocycles. The van der Waals surface area contributed by atoms with Gasteiger partial charge in [0.15, 0.2) is 5.78 Å². The lowest BCUT2D eigenvalue weighted by Gasteiger charge is -2.10. The molecule has 0 amide bonds. The summed E-state index contributed by atoms with van der Waals surface area (Å²) in [5.74, 6) is 2.70. The number of hydrogen-bond donors (Lipinski definition) is 0. The van der Waals surface area contributed by atoms with Gasteiger partial charge in [0.1, 0.15) is 17.3 Å². The highest BCUT2D eigenvalue weighted by Gasteiger charge is 2.18. The second kappa shape index (κ2) is 9.62. The number of Topliss-reactive ketones (excluding diaryl/α,β-unsaturated/α-hetero) is 1. The van der Waals surface area contributed by atoms with Crippen molar-refractivity contribution in [2.24, 2.45) is 5.92 Å². The molecule has 30 heavy (non-hydrogen) atoms. The van der Waals surface area contributed by atoms with Gasteiger partial charge in [-0.25, -0.2) is 0 Å². The molecule has 3 nitrogen and oxygen atoms in total. The van der Waals surface area contributed by atoms with Crippen LogP contribution in [0.25, 0.3) is 0 Å². The van der Waals surface area contributed by atoms with Crippen LogP contribution >= 0.6 is 0 Å². The topological polar surface area (TPSA) is 35.5 Å². The number of methoxy groups -OCH3 is 1. The van der Waals surface area contributed by atoms with Crippen molar-refractivity contribution >= 4 is 5.78 Å². The second-order valence-electron chi connectivity index (χ2n) is 8.16. The van der Waals surface area contributed by atoms with Gasteiger partial charge in [-0.05, 0) is 63.5 Å². The summed E-state index contributed by atoms with van der Waals surface area (Å²) >= 11 is 0. The minimum Gasteiger partial charge on any atom is -0.497 e. The van der Waals surface area contributed by atoms with E-state index >= 15 is 0 Å². The Bertz CT molecular complexity index is 1000. The number of carbonyl (C=O) groups is 1. The van der Waals surface area contributed by atoms with Crippen molar-refractivity contribution in [2.45, 2.75) is 40.5 Å². The van der Waals surface area contributed by atoms with Crippen LogP contribution in [0.1, 0.15) is 40.5 Å². The predicted molar refractivity (Wildman–Crippen MR) is 122 cm³/mol. The maximum atomic E-state index is 13.2.